The smallest absolute Gasteiger partial charge is 0.328 e. The van der Waals surface area contributed by atoms with Gasteiger partial charge in [0.05, 0.1) is 11.9 Å². The van der Waals surface area contributed by atoms with Gasteiger partial charge in [0.2, 0.25) is 5.91 Å². The molecule has 3 rings (SSSR count). The molecule has 0 bridgehead atoms. The second-order valence-corrected chi connectivity index (χ2v) is 4.05. The van der Waals surface area contributed by atoms with Gasteiger partial charge in [0.25, 0.3) is 0 Å². The van der Waals surface area contributed by atoms with Gasteiger partial charge in [0, 0.05) is 19.2 Å². The average molecular weight is 245 g/mol. The number of anilines is 2. The Bertz CT molecular complexity index is 648. The third kappa shape index (κ3) is 1.56. The largest absolute Gasteiger partial charge is 0.382 e. The van der Waals surface area contributed by atoms with Gasteiger partial charge in [-0.3, -0.25) is 15.0 Å². The quantitative estimate of drug-likeness (QED) is 0.758. The third-order valence-electron chi connectivity index (χ3n) is 2.83. The van der Waals surface area contributed by atoms with Gasteiger partial charge in [-0.15, -0.1) is 0 Å². The molecule has 1 aliphatic heterocycles. The molecule has 1 fully saturated rings. The molecule has 92 valence electrons. The minimum atomic E-state index is -0.430. The second-order valence-electron chi connectivity index (χ2n) is 4.05. The Morgan fingerprint density at radius 2 is 2.22 bits per heavy atom. The summed E-state index contributed by atoms with van der Waals surface area (Å²) in [5, 5.41) is 2.28. The van der Waals surface area contributed by atoms with Gasteiger partial charge < -0.3 is 10.1 Å². The van der Waals surface area contributed by atoms with Crippen LogP contribution in [0.15, 0.2) is 24.5 Å². The zero-order valence-electron chi connectivity index (χ0n) is 9.46. The fourth-order valence-corrected chi connectivity index (χ4v) is 2.02. The maximum absolute atomic E-state index is 11.8. The number of hydrogen-bond donors (Lipinski definition) is 2. The topological polar surface area (TPSA) is 92.7 Å². The van der Waals surface area contributed by atoms with Crippen molar-refractivity contribution in [1.82, 2.24) is 14.7 Å². The van der Waals surface area contributed by atoms with Crippen LogP contribution in [0.2, 0.25) is 0 Å². The van der Waals surface area contributed by atoms with Crippen molar-refractivity contribution in [3.8, 4) is 0 Å². The van der Waals surface area contributed by atoms with Gasteiger partial charge in [-0.05, 0) is 12.1 Å². The molecule has 18 heavy (non-hydrogen) atoms. The molecule has 3 N–H and O–H groups in total. The average Bonchev–Trinajstić information content (AvgIpc) is 2.69. The van der Waals surface area contributed by atoms with Crippen LogP contribution < -0.4 is 16.0 Å². The van der Waals surface area contributed by atoms with Gasteiger partial charge in [0.15, 0.2) is 5.65 Å². The van der Waals surface area contributed by atoms with Crippen molar-refractivity contribution in [1.29, 1.82) is 0 Å². The van der Waals surface area contributed by atoms with E-state index >= 15 is 0 Å². The number of nitrogens with two attached hydrogens (primary N) is 1. The molecule has 0 aromatic carbocycles. The first kappa shape index (κ1) is 10.6. The van der Waals surface area contributed by atoms with E-state index in [1.54, 1.807) is 28.9 Å². The number of hydrogen-bond acceptors (Lipinski definition) is 4. The molecule has 2 aromatic heterocycles. The molecule has 1 aliphatic rings. The minimum absolute atomic E-state index is 0.258. The van der Waals surface area contributed by atoms with Crippen molar-refractivity contribution < 1.29 is 9.59 Å². The van der Waals surface area contributed by atoms with Crippen LogP contribution in [0.1, 0.15) is 6.42 Å². The highest BCUT2D eigenvalue weighted by Crippen LogP contribution is 2.23. The minimum Gasteiger partial charge on any atom is -0.382 e. The highest BCUT2D eigenvalue weighted by molar-refractivity contribution is 6.07. The molecule has 1 saturated heterocycles. The predicted molar refractivity (Wildman–Crippen MR) is 65.1 cm³/mol. The Morgan fingerprint density at radius 1 is 1.39 bits per heavy atom. The molecule has 0 unspecified atom stereocenters. The Hall–Kier alpha value is -2.57. The fraction of sp³-hybridized carbons (Fsp3) is 0.182. The van der Waals surface area contributed by atoms with Crippen molar-refractivity contribution in [2.75, 3.05) is 17.2 Å². The number of carbonyl (C=O) groups excluding carboxylic acids is 2. The van der Waals surface area contributed by atoms with Gasteiger partial charge >= 0.3 is 6.03 Å². The van der Waals surface area contributed by atoms with E-state index in [9.17, 15) is 9.59 Å². The fourth-order valence-electron chi connectivity index (χ4n) is 2.02. The predicted octanol–water partition coefficient (Wildman–Crippen LogP) is 0.363. The Kier molecular flexibility index (Phi) is 2.19. The lowest BCUT2D eigenvalue weighted by atomic mass is 10.2. The van der Waals surface area contributed by atoms with Crippen LogP contribution in [-0.2, 0) is 4.79 Å². The Morgan fingerprint density at radius 3 is 3.00 bits per heavy atom. The lowest BCUT2D eigenvalue weighted by Crippen LogP contribution is -2.49. The summed E-state index contributed by atoms with van der Waals surface area (Å²) >= 11 is 0. The number of nitrogen functional groups attached to an aromatic ring is 1. The third-order valence-corrected chi connectivity index (χ3v) is 2.83. The normalized spacial score (nSPS) is 16.1. The lowest BCUT2D eigenvalue weighted by molar-refractivity contribution is -0.120. The van der Waals surface area contributed by atoms with E-state index in [2.05, 4.69) is 10.3 Å². The molecule has 7 nitrogen and oxygen atoms in total. The first-order chi connectivity index (χ1) is 8.65. The van der Waals surface area contributed by atoms with Crippen LogP contribution >= 0.6 is 0 Å². The molecule has 3 amide bonds. The van der Waals surface area contributed by atoms with Crippen LogP contribution in [0.4, 0.5) is 16.3 Å². The first-order valence-electron chi connectivity index (χ1n) is 5.50. The molecule has 7 heteroatoms. The SMILES string of the molecule is Nc1cn2cccc(N3CCC(=O)NC3=O)c2n1. The van der Waals surface area contributed by atoms with Crippen LogP contribution in [0.3, 0.4) is 0 Å². The number of aromatic nitrogens is 2. The zero-order chi connectivity index (χ0) is 12.7. The van der Waals surface area contributed by atoms with Crippen molar-refractivity contribution >= 4 is 29.1 Å². The Balaban J connectivity index is 2.08. The number of pyridine rings is 1. The van der Waals surface area contributed by atoms with Gasteiger partial charge in [-0.25, -0.2) is 9.78 Å². The van der Waals surface area contributed by atoms with Crippen LogP contribution in [0, 0.1) is 0 Å². The molecular formula is C11H11N5O2. The van der Waals surface area contributed by atoms with E-state index in [1.165, 1.54) is 4.90 Å². The lowest BCUT2D eigenvalue weighted by Gasteiger charge is -2.26. The number of imidazole rings is 1. The number of fused-ring (bicyclic) bond motifs is 1. The van der Waals surface area contributed by atoms with Gasteiger partial charge in [-0.1, -0.05) is 0 Å². The van der Waals surface area contributed by atoms with Crippen molar-refractivity contribution in [3.05, 3.63) is 24.5 Å². The van der Waals surface area contributed by atoms with Crippen LogP contribution in [-0.4, -0.2) is 27.9 Å². The zero-order valence-corrected chi connectivity index (χ0v) is 9.46. The van der Waals surface area contributed by atoms with E-state index in [-0.39, 0.29) is 12.3 Å². The number of urea groups is 1. The molecule has 3 heterocycles. The Labute approximate surface area is 102 Å². The summed E-state index contributed by atoms with van der Waals surface area (Å²) in [5.41, 5.74) is 6.88. The highest BCUT2D eigenvalue weighted by atomic mass is 16.2. The number of imide groups is 1. The maximum Gasteiger partial charge on any atom is 0.328 e. The monoisotopic (exact) mass is 245 g/mol. The summed E-state index contributed by atoms with van der Waals surface area (Å²) in [6, 6.07) is 3.14. The molecule has 0 radical (unpaired) electrons. The molecule has 2 aromatic rings. The highest BCUT2D eigenvalue weighted by Gasteiger charge is 2.26. The maximum atomic E-state index is 11.8. The summed E-state index contributed by atoms with van der Waals surface area (Å²) in [5.74, 6) is 0.127. The van der Waals surface area contributed by atoms with Gasteiger partial charge in [0.1, 0.15) is 5.82 Å². The molecule has 0 saturated carbocycles. The van der Waals surface area contributed by atoms with Crippen molar-refractivity contribution in [3.63, 3.8) is 0 Å². The summed E-state index contributed by atoms with van der Waals surface area (Å²) in [6.45, 7) is 0.344. The standard InChI is InChI=1S/C11H11N5O2/c12-8-6-15-4-1-2-7(10(15)13-8)16-5-3-9(17)14-11(16)18/h1-2,4,6H,3,5,12H2,(H,14,17,18). The summed E-state index contributed by atoms with van der Waals surface area (Å²) < 4.78 is 1.74. The number of carbonyl (C=O) groups is 2. The van der Waals surface area contributed by atoms with Crippen LogP contribution in [0.5, 0.6) is 0 Å². The molecule has 0 aliphatic carbocycles. The summed E-state index contributed by atoms with van der Waals surface area (Å²) in [6.07, 6.45) is 3.75. The van der Waals surface area contributed by atoms with E-state index in [0.29, 0.717) is 23.7 Å². The van der Waals surface area contributed by atoms with Crippen molar-refractivity contribution in [2.24, 2.45) is 0 Å². The molecular weight excluding hydrogens is 234 g/mol. The number of amides is 3. The summed E-state index contributed by atoms with van der Waals surface area (Å²) in [7, 11) is 0. The van der Waals surface area contributed by atoms with E-state index in [0.717, 1.165) is 0 Å². The summed E-state index contributed by atoms with van der Waals surface area (Å²) in [4.78, 5) is 28.6. The number of nitrogens with zero attached hydrogens (tertiary/aromatic N) is 3. The van der Waals surface area contributed by atoms with Crippen LogP contribution in [0.25, 0.3) is 5.65 Å². The number of nitrogens with one attached hydrogen (secondary N) is 1. The molecule has 0 atom stereocenters. The molecule has 0 spiro atoms. The van der Waals surface area contributed by atoms with Crippen molar-refractivity contribution in [2.45, 2.75) is 6.42 Å². The number of rotatable bonds is 1. The first-order valence-corrected chi connectivity index (χ1v) is 5.50. The van der Waals surface area contributed by atoms with E-state index in [4.69, 9.17) is 5.73 Å². The second kappa shape index (κ2) is 3.73. The van der Waals surface area contributed by atoms with E-state index < -0.39 is 6.03 Å². The van der Waals surface area contributed by atoms with E-state index in [1.807, 2.05) is 0 Å². The van der Waals surface area contributed by atoms with Gasteiger partial charge in [-0.2, -0.15) is 0 Å².